The number of nitrogens with one attached hydrogen (secondary N) is 1. The van der Waals surface area contributed by atoms with Crippen LogP contribution >= 0.6 is 23.2 Å². The van der Waals surface area contributed by atoms with E-state index in [4.69, 9.17) is 23.2 Å². The zero-order chi connectivity index (χ0) is 16.7. The number of amides is 1. The molecule has 0 heterocycles. The Kier molecular flexibility index (Phi) is 4.51. The lowest BCUT2D eigenvalue weighted by Crippen LogP contribution is -2.17. The van der Waals surface area contributed by atoms with Crippen LogP contribution in [0.2, 0.25) is 0 Å². The van der Waals surface area contributed by atoms with Crippen molar-refractivity contribution in [2.24, 2.45) is 17.3 Å². The molecule has 0 aromatic heterocycles. The summed E-state index contributed by atoms with van der Waals surface area (Å²) in [6.07, 6.45) is -2.86. The number of alkyl halides is 3. The molecular weight excluding hydrogens is 338 g/mol. The van der Waals surface area contributed by atoms with Crippen molar-refractivity contribution >= 4 is 34.8 Å². The maximum atomic E-state index is 12.7. The molecule has 1 aliphatic carbocycles. The molecule has 22 heavy (non-hydrogen) atoms. The van der Waals surface area contributed by atoms with E-state index in [9.17, 15) is 18.0 Å². The first kappa shape index (κ1) is 17.2. The summed E-state index contributed by atoms with van der Waals surface area (Å²) in [7, 11) is 0. The fraction of sp³-hybridized carbons (Fsp3) is 0.400. The standard InChI is InChI=1S/C15H14Cl2F3NO/c1-14(2)10(7-11(16)17)12(14)13(22)21-9-5-3-4-8(6-9)15(18,19)20/h3-7,10,12H,1-2H3,(H,21,22). The van der Waals surface area contributed by atoms with Crippen LogP contribution in [0.4, 0.5) is 18.9 Å². The molecule has 0 bridgehead atoms. The van der Waals surface area contributed by atoms with Gasteiger partial charge >= 0.3 is 6.18 Å². The van der Waals surface area contributed by atoms with Gasteiger partial charge in [-0.05, 0) is 35.6 Å². The average molecular weight is 352 g/mol. The smallest absolute Gasteiger partial charge is 0.326 e. The minimum absolute atomic E-state index is 0.0763. The number of halogens is 5. The highest BCUT2D eigenvalue weighted by Gasteiger charge is 2.60. The van der Waals surface area contributed by atoms with E-state index in [0.717, 1.165) is 12.1 Å². The quantitative estimate of drug-likeness (QED) is 0.792. The lowest BCUT2D eigenvalue weighted by atomic mass is 10.1. The van der Waals surface area contributed by atoms with E-state index >= 15 is 0 Å². The van der Waals surface area contributed by atoms with E-state index in [1.807, 2.05) is 13.8 Å². The highest BCUT2D eigenvalue weighted by Crippen LogP contribution is 2.60. The van der Waals surface area contributed by atoms with Crippen molar-refractivity contribution in [1.29, 1.82) is 0 Å². The number of carbonyl (C=O) groups is 1. The molecule has 1 amide bonds. The Hall–Kier alpha value is -1.20. The number of rotatable bonds is 3. The van der Waals surface area contributed by atoms with Gasteiger partial charge in [0.1, 0.15) is 4.49 Å². The second-order valence-corrected chi connectivity index (χ2v) is 6.86. The Morgan fingerprint density at radius 3 is 2.50 bits per heavy atom. The van der Waals surface area contributed by atoms with Crippen LogP contribution in [0.5, 0.6) is 0 Å². The lowest BCUT2D eigenvalue weighted by Gasteiger charge is -2.10. The van der Waals surface area contributed by atoms with E-state index < -0.39 is 11.7 Å². The second kappa shape index (κ2) is 5.78. The van der Waals surface area contributed by atoms with Crippen LogP contribution in [0.1, 0.15) is 19.4 Å². The largest absolute Gasteiger partial charge is 0.416 e. The first-order valence-corrected chi connectivity index (χ1v) is 7.30. The summed E-state index contributed by atoms with van der Waals surface area (Å²) in [4.78, 5) is 12.2. The minimum Gasteiger partial charge on any atom is -0.326 e. The number of anilines is 1. The first-order chi connectivity index (χ1) is 10.0. The average Bonchev–Trinajstić information content (AvgIpc) is 2.89. The van der Waals surface area contributed by atoms with E-state index in [1.165, 1.54) is 12.1 Å². The zero-order valence-corrected chi connectivity index (χ0v) is 13.4. The van der Waals surface area contributed by atoms with Gasteiger partial charge in [-0.25, -0.2) is 0 Å². The Bertz CT molecular complexity index is 621. The van der Waals surface area contributed by atoms with Crippen LogP contribution in [-0.4, -0.2) is 5.91 Å². The zero-order valence-electron chi connectivity index (χ0n) is 11.8. The van der Waals surface area contributed by atoms with E-state index in [1.54, 1.807) is 6.08 Å². The van der Waals surface area contributed by atoms with Crippen LogP contribution < -0.4 is 5.32 Å². The topological polar surface area (TPSA) is 29.1 Å². The summed E-state index contributed by atoms with van der Waals surface area (Å²) < 4.78 is 38.0. The second-order valence-electron chi connectivity index (χ2n) is 5.85. The molecule has 1 aliphatic rings. The fourth-order valence-corrected chi connectivity index (χ4v) is 2.89. The third-order valence-corrected chi connectivity index (χ3v) is 4.21. The lowest BCUT2D eigenvalue weighted by molar-refractivity contribution is -0.137. The molecule has 1 saturated carbocycles. The van der Waals surface area contributed by atoms with Crippen molar-refractivity contribution < 1.29 is 18.0 Å². The van der Waals surface area contributed by atoms with Gasteiger partial charge < -0.3 is 5.32 Å². The molecule has 2 unspecified atom stereocenters. The first-order valence-electron chi connectivity index (χ1n) is 6.54. The van der Waals surface area contributed by atoms with Crippen LogP contribution in [0.3, 0.4) is 0 Å². The van der Waals surface area contributed by atoms with Gasteiger partial charge in [-0.1, -0.05) is 43.1 Å². The van der Waals surface area contributed by atoms with Gasteiger partial charge in [0.2, 0.25) is 5.91 Å². The number of allylic oxidation sites excluding steroid dienone is 1. The predicted molar refractivity (Wildman–Crippen MR) is 80.6 cm³/mol. The monoisotopic (exact) mass is 351 g/mol. The van der Waals surface area contributed by atoms with Crippen molar-refractivity contribution in [3.05, 3.63) is 40.4 Å². The molecule has 0 aliphatic heterocycles. The van der Waals surface area contributed by atoms with Crippen LogP contribution in [0.15, 0.2) is 34.8 Å². The molecular formula is C15H14Cl2F3NO. The molecule has 2 rings (SSSR count). The Labute approximate surface area is 136 Å². The van der Waals surface area contributed by atoms with Crippen molar-refractivity contribution in [3.8, 4) is 0 Å². The number of hydrogen-bond acceptors (Lipinski definition) is 1. The highest BCUT2D eigenvalue weighted by molar-refractivity contribution is 6.55. The van der Waals surface area contributed by atoms with Crippen molar-refractivity contribution in [2.75, 3.05) is 5.32 Å². The number of hydrogen-bond donors (Lipinski definition) is 1. The molecule has 1 N–H and O–H groups in total. The van der Waals surface area contributed by atoms with Crippen LogP contribution in [0.25, 0.3) is 0 Å². The van der Waals surface area contributed by atoms with Gasteiger partial charge in [-0.15, -0.1) is 0 Å². The summed E-state index contributed by atoms with van der Waals surface area (Å²) in [5.74, 6) is -0.863. The van der Waals surface area contributed by atoms with Crippen LogP contribution in [0, 0.1) is 17.3 Å². The molecule has 1 fully saturated rings. The normalized spacial score (nSPS) is 22.9. The number of benzene rings is 1. The maximum Gasteiger partial charge on any atom is 0.416 e. The van der Waals surface area contributed by atoms with E-state index in [-0.39, 0.29) is 33.3 Å². The van der Waals surface area contributed by atoms with Gasteiger partial charge in [-0.3, -0.25) is 4.79 Å². The summed E-state index contributed by atoms with van der Waals surface area (Å²) in [5.41, 5.74) is -1.02. The predicted octanol–water partition coefficient (Wildman–Crippen LogP) is 5.24. The summed E-state index contributed by atoms with van der Waals surface area (Å²) in [6, 6.07) is 4.54. The Balaban J connectivity index is 2.12. The highest BCUT2D eigenvalue weighted by atomic mass is 35.5. The summed E-state index contributed by atoms with van der Waals surface area (Å²) in [5, 5.41) is 2.52. The Morgan fingerprint density at radius 1 is 1.32 bits per heavy atom. The van der Waals surface area contributed by atoms with Gasteiger partial charge in [0.05, 0.1) is 11.5 Å². The van der Waals surface area contributed by atoms with Gasteiger partial charge in [0.15, 0.2) is 0 Å². The van der Waals surface area contributed by atoms with Gasteiger partial charge in [-0.2, -0.15) is 13.2 Å². The number of carbonyl (C=O) groups excluding carboxylic acids is 1. The summed E-state index contributed by atoms with van der Waals surface area (Å²) >= 11 is 11.2. The van der Waals surface area contributed by atoms with Crippen molar-refractivity contribution in [3.63, 3.8) is 0 Å². The van der Waals surface area contributed by atoms with Crippen LogP contribution in [-0.2, 0) is 11.0 Å². The van der Waals surface area contributed by atoms with Gasteiger partial charge in [0.25, 0.3) is 0 Å². The molecule has 1 aromatic carbocycles. The molecule has 7 heteroatoms. The third kappa shape index (κ3) is 3.58. The third-order valence-electron chi connectivity index (χ3n) is 3.96. The molecule has 0 saturated heterocycles. The molecule has 2 nitrogen and oxygen atoms in total. The Morgan fingerprint density at radius 2 is 1.95 bits per heavy atom. The minimum atomic E-state index is -4.45. The molecule has 2 atom stereocenters. The molecule has 120 valence electrons. The van der Waals surface area contributed by atoms with Gasteiger partial charge in [0, 0.05) is 5.69 Å². The van der Waals surface area contributed by atoms with Crippen molar-refractivity contribution in [2.45, 2.75) is 20.0 Å². The summed E-state index contributed by atoms with van der Waals surface area (Å²) in [6.45, 7) is 3.75. The molecule has 0 radical (unpaired) electrons. The van der Waals surface area contributed by atoms with E-state index in [0.29, 0.717) is 0 Å². The SMILES string of the molecule is CC1(C)C(C=C(Cl)Cl)C1C(=O)Nc1cccc(C(F)(F)F)c1. The van der Waals surface area contributed by atoms with E-state index in [2.05, 4.69) is 5.32 Å². The maximum absolute atomic E-state index is 12.7. The molecule has 1 aromatic rings. The fourth-order valence-electron chi connectivity index (χ4n) is 2.62. The van der Waals surface area contributed by atoms with Crippen molar-refractivity contribution in [1.82, 2.24) is 0 Å². The molecule has 0 spiro atoms.